The molecule has 3 N–H and O–H groups in total. The van der Waals surface area contributed by atoms with E-state index in [1.807, 2.05) is 0 Å². The number of hydrogen-bond donors (Lipinski definition) is 3. The summed E-state index contributed by atoms with van der Waals surface area (Å²) in [7, 11) is -9.98. The molecule has 0 aliphatic carbocycles. The monoisotopic (exact) mass is 1530 g/mol. The largest absolute Gasteiger partial charge is 0.472 e. The highest BCUT2D eigenvalue weighted by molar-refractivity contribution is 7.47. The van der Waals surface area contributed by atoms with E-state index in [0.717, 1.165) is 218 Å². The second-order valence-corrected chi connectivity index (χ2v) is 30.2. The first-order chi connectivity index (χ1) is 51.7. The van der Waals surface area contributed by atoms with Crippen molar-refractivity contribution in [2.24, 2.45) is 0 Å². The molecule has 0 aromatic rings. The van der Waals surface area contributed by atoms with Gasteiger partial charge in [-0.2, -0.15) is 0 Å². The molecule has 0 aromatic carbocycles. The molecule has 0 spiro atoms. The maximum Gasteiger partial charge on any atom is 0.472 e. The molecule has 19 heteroatoms. The molecule has 17 nitrogen and oxygen atoms in total. The van der Waals surface area contributed by atoms with E-state index in [4.69, 9.17) is 37.0 Å². The highest BCUT2D eigenvalue weighted by atomic mass is 31.2. The third kappa shape index (κ3) is 77.4. The number of aliphatic hydroxyl groups is 1. The number of aliphatic hydroxyl groups excluding tert-OH is 1. The molecule has 0 aliphatic heterocycles. The van der Waals surface area contributed by atoms with E-state index in [-0.39, 0.29) is 25.7 Å². The summed E-state index contributed by atoms with van der Waals surface area (Å²) < 4.78 is 68.7. The number of rotatable bonds is 77. The normalized spacial score (nSPS) is 14.5. The lowest BCUT2D eigenvalue weighted by Crippen LogP contribution is -2.30. The molecule has 0 saturated carbocycles. The second kappa shape index (κ2) is 78.3. The zero-order chi connectivity index (χ0) is 77.4. The number of phosphoric ester groups is 2. The first-order valence-electron chi connectivity index (χ1n) is 41.4. The van der Waals surface area contributed by atoms with Crippen LogP contribution in [0.25, 0.3) is 0 Å². The highest BCUT2D eigenvalue weighted by Crippen LogP contribution is 2.45. The maximum absolute atomic E-state index is 13.1. The number of allylic oxidation sites excluding steroid dienone is 22. The van der Waals surface area contributed by atoms with Crippen molar-refractivity contribution in [2.75, 3.05) is 39.6 Å². The van der Waals surface area contributed by atoms with Gasteiger partial charge in [0.05, 0.1) is 26.4 Å². The lowest BCUT2D eigenvalue weighted by atomic mass is 10.1. The molecule has 0 aromatic heterocycles. The predicted molar refractivity (Wildman–Crippen MR) is 436 cm³/mol. The lowest BCUT2D eigenvalue weighted by Gasteiger charge is -2.21. The van der Waals surface area contributed by atoms with Crippen molar-refractivity contribution in [3.63, 3.8) is 0 Å². The molecular formula is C87H148O17P2. The Morgan fingerprint density at radius 3 is 0.792 bits per heavy atom. The van der Waals surface area contributed by atoms with E-state index < -0.39 is 97.5 Å². The Balaban J connectivity index is 5.38. The number of phosphoric acid groups is 2. The van der Waals surface area contributed by atoms with E-state index in [2.05, 4.69) is 161 Å². The number of unbranched alkanes of at least 4 members (excludes halogenated alkanes) is 29. The van der Waals surface area contributed by atoms with Crippen molar-refractivity contribution in [2.45, 2.75) is 354 Å². The van der Waals surface area contributed by atoms with Crippen LogP contribution in [0.2, 0.25) is 0 Å². The number of hydrogen-bond acceptors (Lipinski definition) is 15. The van der Waals surface area contributed by atoms with E-state index >= 15 is 0 Å². The molecule has 0 aliphatic rings. The summed E-state index contributed by atoms with van der Waals surface area (Å²) >= 11 is 0. The number of esters is 4. The Kier molecular flexibility index (Phi) is 74.8. The van der Waals surface area contributed by atoms with E-state index in [1.165, 1.54) is 38.5 Å². The average molecular weight is 1530 g/mol. The van der Waals surface area contributed by atoms with Crippen LogP contribution in [0.1, 0.15) is 336 Å². The standard InChI is InChI=1S/C87H148O17P2/c1-5-9-13-17-21-25-29-33-36-38-40-42-45-48-51-55-59-63-67-71-84(89)97-77-82(103-86(91)73-69-65-61-57-53-47-32-28-24-20-16-12-8-4)79-101-105(93,94)99-75-81(88)76-100-106(95,96)102-80-83(104-87(92)74-70-66-62-58-54-50-44-35-31-27-23-19-15-11-7-3)78-98-85(90)72-68-64-60-56-52-49-46-43-41-39-37-34-30-26-22-18-14-10-6-2/h10,14,16,20-23,25-28,32-37,40-44,81-83,88H,5-9,11-13,15,17-19,24,29-31,38-39,45-80H2,1-4H3,(H,93,94)(H,95,96)/b14-10-,20-16-,25-21-,26-22-,27-23-,32-28-,36-33-,37-34-,42-40-,43-41-,44-35-. The average Bonchev–Trinajstić information content (AvgIpc) is 0.933. The highest BCUT2D eigenvalue weighted by Gasteiger charge is 2.30. The van der Waals surface area contributed by atoms with Gasteiger partial charge in [0.25, 0.3) is 0 Å². The minimum Gasteiger partial charge on any atom is -0.462 e. The number of carbonyl (C=O) groups is 4. The van der Waals surface area contributed by atoms with Gasteiger partial charge in [0.1, 0.15) is 19.3 Å². The fourth-order valence-corrected chi connectivity index (χ4v) is 12.3. The van der Waals surface area contributed by atoms with Crippen LogP contribution in [-0.2, 0) is 65.4 Å². The van der Waals surface area contributed by atoms with Gasteiger partial charge in [0.2, 0.25) is 0 Å². The van der Waals surface area contributed by atoms with Crippen molar-refractivity contribution < 1.29 is 80.2 Å². The lowest BCUT2D eigenvalue weighted by molar-refractivity contribution is -0.161. The SMILES string of the molecule is CC/C=C\C/C=C\C/C=C\C/C=C\CCCCCCCCC(=O)OCC(COP(=O)(O)OCC(O)COP(=O)(O)OCC(COC(=O)CCCCCCCC/C=C\C/C=C\C/C=C\CCCCC)OC(=O)CCCCCCC/C=C\C/C=C\CCC)OC(=O)CCCCCCC/C=C\C/C=C\CCCCC. The van der Waals surface area contributed by atoms with Gasteiger partial charge in [-0.1, -0.05) is 283 Å². The Bertz CT molecular complexity index is 2530. The predicted octanol–water partition coefficient (Wildman–Crippen LogP) is 24.4. The fourth-order valence-electron chi connectivity index (χ4n) is 10.8. The molecular weight excluding hydrogens is 1380 g/mol. The van der Waals surface area contributed by atoms with Gasteiger partial charge >= 0.3 is 39.5 Å². The third-order valence-corrected chi connectivity index (χ3v) is 19.0. The molecule has 0 bridgehead atoms. The van der Waals surface area contributed by atoms with Crippen LogP contribution in [0.4, 0.5) is 0 Å². The smallest absolute Gasteiger partial charge is 0.462 e. The second-order valence-electron chi connectivity index (χ2n) is 27.3. The van der Waals surface area contributed by atoms with Gasteiger partial charge in [-0.25, -0.2) is 9.13 Å². The van der Waals surface area contributed by atoms with Gasteiger partial charge in [0, 0.05) is 25.7 Å². The summed E-state index contributed by atoms with van der Waals surface area (Å²) in [5.41, 5.74) is 0. The fraction of sp³-hybridized carbons (Fsp3) is 0.701. The van der Waals surface area contributed by atoms with Gasteiger partial charge < -0.3 is 33.8 Å². The Labute approximate surface area is 644 Å². The van der Waals surface area contributed by atoms with Gasteiger partial charge in [-0.3, -0.25) is 37.3 Å². The van der Waals surface area contributed by atoms with Gasteiger partial charge in [-0.05, 0) is 161 Å². The van der Waals surface area contributed by atoms with Crippen LogP contribution >= 0.6 is 15.6 Å². The molecule has 608 valence electrons. The number of ether oxygens (including phenoxy) is 4. The Morgan fingerprint density at radius 2 is 0.509 bits per heavy atom. The first kappa shape index (κ1) is 101. The summed E-state index contributed by atoms with van der Waals surface area (Å²) in [6.07, 6.45) is 88.4. The minimum absolute atomic E-state index is 0.0725. The molecule has 0 amide bonds. The molecule has 5 atom stereocenters. The quantitative estimate of drug-likeness (QED) is 0.0169. The van der Waals surface area contributed by atoms with Crippen LogP contribution in [-0.4, -0.2) is 96.7 Å². The van der Waals surface area contributed by atoms with E-state index in [9.17, 15) is 43.2 Å². The summed E-state index contributed by atoms with van der Waals surface area (Å²) in [6, 6.07) is 0. The molecule has 5 unspecified atom stereocenters. The minimum atomic E-state index is -4.99. The molecule has 0 rings (SSSR count). The molecule has 106 heavy (non-hydrogen) atoms. The van der Waals surface area contributed by atoms with Crippen LogP contribution in [0.5, 0.6) is 0 Å². The van der Waals surface area contributed by atoms with Gasteiger partial charge in [0.15, 0.2) is 12.2 Å². The van der Waals surface area contributed by atoms with E-state index in [1.54, 1.807) is 0 Å². The van der Waals surface area contributed by atoms with Crippen LogP contribution in [0, 0.1) is 0 Å². The summed E-state index contributed by atoms with van der Waals surface area (Å²) in [5.74, 6) is -2.23. The zero-order valence-corrected chi connectivity index (χ0v) is 68.4. The number of carbonyl (C=O) groups excluding carboxylic acids is 4. The van der Waals surface area contributed by atoms with Crippen molar-refractivity contribution in [3.05, 3.63) is 134 Å². The van der Waals surface area contributed by atoms with Crippen LogP contribution in [0.15, 0.2) is 134 Å². The summed E-state index contributed by atoms with van der Waals surface area (Å²) in [4.78, 5) is 73.1. The molecule has 0 radical (unpaired) electrons. The first-order valence-corrected chi connectivity index (χ1v) is 44.4. The summed E-state index contributed by atoms with van der Waals surface area (Å²) in [5, 5.41) is 10.7. The molecule has 0 saturated heterocycles. The molecule has 0 heterocycles. The summed E-state index contributed by atoms with van der Waals surface area (Å²) in [6.45, 7) is 4.61. The topological polar surface area (TPSA) is 237 Å². The van der Waals surface area contributed by atoms with Crippen molar-refractivity contribution in [3.8, 4) is 0 Å². The third-order valence-electron chi connectivity index (χ3n) is 17.0. The van der Waals surface area contributed by atoms with E-state index in [0.29, 0.717) is 25.7 Å². The van der Waals surface area contributed by atoms with Crippen molar-refractivity contribution >= 4 is 39.5 Å². The van der Waals surface area contributed by atoms with Crippen LogP contribution in [0.3, 0.4) is 0 Å². The zero-order valence-electron chi connectivity index (χ0n) is 66.6. The van der Waals surface area contributed by atoms with Crippen LogP contribution < -0.4 is 0 Å². The maximum atomic E-state index is 13.1. The Morgan fingerprint density at radius 1 is 0.274 bits per heavy atom. The molecule has 0 fully saturated rings. The van der Waals surface area contributed by atoms with Crippen molar-refractivity contribution in [1.29, 1.82) is 0 Å². The Hall–Kier alpha value is -4.80. The van der Waals surface area contributed by atoms with Gasteiger partial charge in [-0.15, -0.1) is 0 Å². The van der Waals surface area contributed by atoms with Crippen molar-refractivity contribution in [1.82, 2.24) is 0 Å².